The van der Waals surface area contributed by atoms with E-state index < -0.39 is 5.60 Å². The number of benzene rings is 2. The van der Waals surface area contributed by atoms with Gasteiger partial charge in [-0.2, -0.15) is 0 Å². The molecular formula is C53H74ClN9O6. The average Bonchev–Trinajstić information content (AvgIpc) is 3.81. The Hall–Kier alpha value is -4.22. The van der Waals surface area contributed by atoms with Gasteiger partial charge in [0.15, 0.2) is 12.4 Å². The van der Waals surface area contributed by atoms with Crippen molar-refractivity contribution in [1.82, 2.24) is 40.5 Å². The van der Waals surface area contributed by atoms with Crippen molar-refractivity contribution in [3.63, 3.8) is 0 Å². The predicted octanol–water partition coefficient (Wildman–Crippen LogP) is 4.96. The number of aryl methyl sites for hydroxylation is 1. The van der Waals surface area contributed by atoms with Crippen molar-refractivity contribution in [2.24, 2.45) is 36.1 Å². The zero-order valence-electron chi connectivity index (χ0n) is 41.2. The molecule has 1 aromatic heterocycles. The van der Waals surface area contributed by atoms with E-state index in [9.17, 15) is 19.5 Å². The molecule has 2 amide bonds. The number of aliphatic hydroxyl groups is 1. The number of alkyl halides is 1. The summed E-state index contributed by atoms with van der Waals surface area (Å²) in [5.41, 5.74) is 3.92. The molecule has 69 heavy (non-hydrogen) atoms. The lowest BCUT2D eigenvalue weighted by Crippen LogP contribution is -2.68. The average molecular weight is 969 g/mol. The van der Waals surface area contributed by atoms with Crippen LogP contribution in [0, 0.1) is 29.1 Å². The number of halogens is 1. The maximum absolute atomic E-state index is 13.0. The molecule has 0 bridgehead atoms. The molecule has 4 saturated heterocycles. The van der Waals surface area contributed by atoms with Crippen molar-refractivity contribution in [3.8, 4) is 11.5 Å². The van der Waals surface area contributed by atoms with Gasteiger partial charge in [-0.15, -0.1) is 11.6 Å². The lowest BCUT2D eigenvalue weighted by molar-refractivity contribution is -0.130. The van der Waals surface area contributed by atoms with Crippen LogP contribution in [0.15, 0.2) is 53.5 Å². The van der Waals surface area contributed by atoms with Crippen LogP contribution >= 0.6 is 11.6 Å². The zero-order chi connectivity index (χ0) is 48.2. The largest absolute Gasteiger partial charge is 0.490 e. The van der Waals surface area contributed by atoms with Crippen LogP contribution in [0.5, 0.6) is 11.5 Å². The van der Waals surface area contributed by atoms with Crippen LogP contribution in [0.4, 0.5) is 5.69 Å². The minimum atomic E-state index is -0.976. The molecule has 374 valence electrons. The first-order valence-electron chi connectivity index (χ1n) is 25.7. The fourth-order valence-electron chi connectivity index (χ4n) is 12.8. The number of hydrogen-bond donors (Lipinski definition) is 6. The first-order valence-corrected chi connectivity index (χ1v) is 26.1. The van der Waals surface area contributed by atoms with Gasteiger partial charge in [0, 0.05) is 76.1 Å². The smallest absolute Gasteiger partial charge is 0.293 e. The van der Waals surface area contributed by atoms with E-state index in [4.69, 9.17) is 21.1 Å². The van der Waals surface area contributed by atoms with Crippen LogP contribution in [-0.4, -0.2) is 133 Å². The standard InChI is InChI=1S/C53H74ClN9O6/c1-52(2,67)36-6-9-44(40(25-36)41-30-60(4)50(66)47-39(41)10-15-56-47)69-38-21-33(22-38)20-34-26-53(27-34)13-18-62(19-14-53)29-32-11-16-63(17-12-32)51-57-28-42(54)48(59-51)58-37-7-8-43-35(23-37)24-45(49(65)61(43)5)68-31-46(64)55-3/h6-9,23-25,30,32-34,38-39,42,47-48,51,56-59,67H,10-22,26-29,31H2,1-5H3,(H,55,64). The summed E-state index contributed by atoms with van der Waals surface area (Å²) in [7, 11) is 5.08. The Balaban J connectivity index is 0.648. The molecule has 5 aliphatic heterocycles. The topological polar surface area (TPSA) is 165 Å². The van der Waals surface area contributed by atoms with Crippen LogP contribution < -0.4 is 41.6 Å². The summed E-state index contributed by atoms with van der Waals surface area (Å²) in [4.78, 5) is 44.6. The zero-order valence-corrected chi connectivity index (χ0v) is 42.0. The molecule has 6 fully saturated rings. The van der Waals surface area contributed by atoms with Gasteiger partial charge in [-0.1, -0.05) is 6.07 Å². The molecule has 15 nitrogen and oxygen atoms in total. The number of likely N-dealkylation sites (tertiary alicyclic amines) is 2. The summed E-state index contributed by atoms with van der Waals surface area (Å²) >= 11 is 6.87. The summed E-state index contributed by atoms with van der Waals surface area (Å²) in [6.07, 6.45) is 14.3. The highest BCUT2D eigenvalue weighted by Crippen LogP contribution is 2.56. The summed E-state index contributed by atoms with van der Waals surface area (Å²) in [5, 5.41) is 28.5. The Labute approximate surface area is 412 Å². The Bertz CT molecular complexity index is 2460. The lowest BCUT2D eigenvalue weighted by Gasteiger charge is -2.54. The van der Waals surface area contributed by atoms with Crippen molar-refractivity contribution in [1.29, 1.82) is 0 Å². The van der Waals surface area contributed by atoms with E-state index in [1.54, 1.807) is 22.6 Å². The first kappa shape index (κ1) is 48.4. The van der Waals surface area contributed by atoms with Gasteiger partial charge in [0.1, 0.15) is 12.0 Å². The number of rotatable bonds is 14. The number of pyridine rings is 1. The number of piperidine rings is 2. The minimum Gasteiger partial charge on any atom is -0.490 e. The van der Waals surface area contributed by atoms with Gasteiger partial charge < -0.3 is 44.9 Å². The molecule has 6 N–H and O–H groups in total. The minimum absolute atomic E-state index is 0.0213. The number of likely N-dealkylation sites (N-methyl/N-ethyl adjacent to an activating group) is 2. The Morgan fingerprint density at radius 1 is 0.942 bits per heavy atom. The van der Waals surface area contributed by atoms with Gasteiger partial charge in [0.2, 0.25) is 5.91 Å². The van der Waals surface area contributed by atoms with E-state index >= 15 is 0 Å². The molecule has 5 unspecified atom stereocenters. The molecule has 10 rings (SSSR count). The molecule has 0 radical (unpaired) electrons. The number of nitrogens with zero attached hydrogens (tertiary/aromatic N) is 4. The summed E-state index contributed by atoms with van der Waals surface area (Å²) < 4.78 is 13.9. The summed E-state index contributed by atoms with van der Waals surface area (Å²) in [6, 6.07) is 13.5. The molecular weight excluding hydrogens is 894 g/mol. The molecule has 6 heterocycles. The number of carbonyl (C=O) groups is 2. The highest BCUT2D eigenvalue weighted by molar-refractivity contribution is 6.21. The van der Waals surface area contributed by atoms with E-state index in [0.717, 1.165) is 89.8 Å². The van der Waals surface area contributed by atoms with Crippen molar-refractivity contribution >= 4 is 45.6 Å². The number of ether oxygens (including phenoxy) is 2. The Morgan fingerprint density at radius 3 is 2.45 bits per heavy atom. The van der Waals surface area contributed by atoms with Crippen LogP contribution in [0.3, 0.4) is 0 Å². The highest BCUT2D eigenvalue weighted by atomic mass is 35.5. The number of anilines is 1. The van der Waals surface area contributed by atoms with Gasteiger partial charge in [0.25, 0.3) is 11.5 Å². The number of carbonyl (C=O) groups excluding carboxylic acids is 2. The second-order valence-corrected chi connectivity index (χ2v) is 22.8. The van der Waals surface area contributed by atoms with Crippen molar-refractivity contribution in [3.05, 3.63) is 70.1 Å². The number of nitrogens with one attached hydrogen (secondary N) is 5. The van der Waals surface area contributed by atoms with E-state index in [0.29, 0.717) is 17.9 Å². The van der Waals surface area contributed by atoms with Crippen LogP contribution in [0.25, 0.3) is 16.5 Å². The first-order chi connectivity index (χ1) is 33.1. The fourth-order valence-corrected chi connectivity index (χ4v) is 13.0. The lowest BCUT2D eigenvalue weighted by atomic mass is 9.55. The van der Waals surface area contributed by atoms with Crippen molar-refractivity contribution < 1.29 is 24.2 Å². The maximum Gasteiger partial charge on any atom is 0.293 e. The Kier molecular flexibility index (Phi) is 13.9. The quantitative estimate of drug-likeness (QED) is 0.121. The Morgan fingerprint density at radius 2 is 1.71 bits per heavy atom. The van der Waals surface area contributed by atoms with Crippen molar-refractivity contribution in [2.75, 3.05) is 71.8 Å². The van der Waals surface area contributed by atoms with Gasteiger partial charge in [0.05, 0.1) is 34.8 Å². The maximum atomic E-state index is 13.0. The third-order valence-electron chi connectivity index (χ3n) is 17.0. The normalized spacial score (nSPS) is 29.0. The molecule has 7 aliphatic rings. The summed E-state index contributed by atoms with van der Waals surface area (Å²) in [5.74, 6) is 3.20. The van der Waals surface area contributed by atoms with Crippen LogP contribution in [-0.2, 0) is 22.2 Å². The van der Waals surface area contributed by atoms with Gasteiger partial charge in [-0.25, -0.2) is 0 Å². The predicted molar refractivity (Wildman–Crippen MR) is 270 cm³/mol. The molecule has 2 aromatic carbocycles. The molecule has 5 atom stereocenters. The monoisotopic (exact) mass is 968 g/mol. The van der Waals surface area contributed by atoms with Crippen LogP contribution in [0.2, 0.25) is 0 Å². The van der Waals surface area contributed by atoms with E-state index in [1.165, 1.54) is 71.6 Å². The van der Waals surface area contributed by atoms with E-state index in [-0.39, 0.29) is 65.6 Å². The van der Waals surface area contributed by atoms with Gasteiger partial charge in [-0.3, -0.25) is 29.9 Å². The second kappa shape index (κ2) is 19.8. The number of amides is 2. The molecule has 3 aromatic rings. The number of aromatic nitrogens is 1. The molecule has 16 heteroatoms. The third kappa shape index (κ3) is 10.3. The SMILES string of the molecule is CNC(=O)COc1cc2cc(NC3NC(N4CCC(CN5CCC6(CC5)CC(CC5CC(Oc7ccc(C(C)(C)O)cc7C7=CN(C)C(=O)C8NCCC78)C5)C6)CC4)NCC3Cl)ccc2n(C)c1=O. The second-order valence-electron chi connectivity index (χ2n) is 22.2. The molecule has 1 spiro atoms. The van der Waals surface area contributed by atoms with Crippen molar-refractivity contribution in [2.45, 2.75) is 114 Å². The van der Waals surface area contributed by atoms with E-state index in [2.05, 4.69) is 42.5 Å². The summed E-state index contributed by atoms with van der Waals surface area (Å²) in [6.45, 7) is 10.6. The van der Waals surface area contributed by atoms with Gasteiger partial charge >= 0.3 is 0 Å². The fraction of sp³-hybridized carbons (Fsp3) is 0.642. The molecule has 2 aliphatic carbocycles. The number of fused-ring (bicyclic) bond motifs is 2. The van der Waals surface area contributed by atoms with E-state index in [1.807, 2.05) is 57.4 Å². The number of hydrogen-bond acceptors (Lipinski definition) is 12. The molecule has 2 saturated carbocycles. The third-order valence-corrected chi connectivity index (χ3v) is 17.4. The van der Waals surface area contributed by atoms with Gasteiger partial charge in [-0.05, 0) is 168 Å². The van der Waals surface area contributed by atoms with Crippen LogP contribution in [0.1, 0.15) is 89.2 Å². The highest BCUT2D eigenvalue weighted by Gasteiger charge is 2.48.